The highest BCUT2D eigenvalue weighted by Gasteiger charge is 2.48. The van der Waals surface area contributed by atoms with E-state index in [1.165, 1.54) is 12.8 Å². The number of nitrogens with zero attached hydrogens (tertiary/aromatic N) is 1. The molecular weight excluding hydrogens is 254 g/mol. The van der Waals surface area contributed by atoms with Gasteiger partial charge in [0.2, 0.25) is 0 Å². The van der Waals surface area contributed by atoms with E-state index in [-0.39, 0.29) is 5.41 Å². The van der Waals surface area contributed by atoms with Crippen LogP contribution >= 0.6 is 0 Å². The number of hydrogen-bond donors (Lipinski definition) is 0. The van der Waals surface area contributed by atoms with E-state index in [0.717, 1.165) is 13.1 Å². The molecule has 2 aromatic carbocycles. The summed E-state index contributed by atoms with van der Waals surface area (Å²) < 4.78 is 0. The molecule has 0 unspecified atom stereocenters. The minimum atomic E-state index is 0.201. The molecule has 1 heteroatoms. The van der Waals surface area contributed by atoms with Crippen LogP contribution in [-0.2, 0) is 5.41 Å². The molecule has 0 saturated carbocycles. The summed E-state index contributed by atoms with van der Waals surface area (Å²) in [5.41, 5.74) is 6.52. The molecule has 2 bridgehead atoms. The molecule has 0 N–H and O–H groups in total. The number of likely N-dealkylation sites (N-methyl/N-ethyl adjacent to an activating group) is 1. The predicted octanol–water partition coefficient (Wildman–Crippen LogP) is 4.16. The summed E-state index contributed by atoms with van der Waals surface area (Å²) in [6.07, 6.45) is 2.58. The first-order valence-electron chi connectivity index (χ1n) is 8.13. The van der Waals surface area contributed by atoms with Crippen molar-refractivity contribution in [1.29, 1.82) is 0 Å². The van der Waals surface area contributed by atoms with Crippen LogP contribution in [0.25, 0.3) is 0 Å². The summed E-state index contributed by atoms with van der Waals surface area (Å²) in [4.78, 5) is 2.47. The smallest absolute Gasteiger partial charge is 0.0335 e. The molecule has 0 atom stereocenters. The van der Waals surface area contributed by atoms with Crippen molar-refractivity contribution in [3.63, 3.8) is 0 Å². The Morgan fingerprint density at radius 2 is 1.57 bits per heavy atom. The van der Waals surface area contributed by atoms with Crippen LogP contribution in [0, 0.1) is 0 Å². The summed E-state index contributed by atoms with van der Waals surface area (Å²) in [5, 5.41) is 0. The Balaban J connectivity index is 1.96. The van der Waals surface area contributed by atoms with E-state index in [1.807, 2.05) is 0 Å². The Kier molecular flexibility index (Phi) is 2.93. The summed E-state index contributed by atoms with van der Waals surface area (Å²) in [6, 6.07) is 18.3. The van der Waals surface area contributed by atoms with Crippen LogP contribution in [-0.4, -0.2) is 25.0 Å². The normalized spacial score (nSPS) is 25.8. The van der Waals surface area contributed by atoms with Gasteiger partial charge in [0, 0.05) is 17.9 Å². The highest BCUT2D eigenvalue weighted by atomic mass is 15.1. The molecule has 0 fully saturated rings. The van der Waals surface area contributed by atoms with E-state index in [0.29, 0.717) is 5.92 Å². The quantitative estimate of drug-likeness (QED) is 0.814. The molecule has 2 aromatic rings. The van der Waals surface area contributed by atoms with Crippen molar-refractivity contribution >= 4 is 0 Å². The second-order valence-corrected chi connectivity index (χ2v) is 6.68. The van der Waals surface area contributed by atoms with Gasteiger partial charge >= 0.3 is 0 Å². The van der Waals surface area contributed by atoms with E-state index in [2.05, 4.69) is 67.4 Å². The van der Waals surface area contributed by atoms with E-state index >= 15 is 0 Å². The molecule has 3 aliphatic rings. The topological polar surface area (TPSA) is 3.24 Å². The van der Waals surface area contributed by atoms with Crippen molar-refractivity contribution in [3.05, 3.63) is 70.8 Å². The second kappa shape index (κ2) is 4.71. The lowest BCUT2D eigenvalue weighted by Gasteiger charge is -2.50. The van der Waals surface area contributed by atoms with Gasteiger partial charge < -0.3 is 4.90 Å². The van der Waals surface area contributed by atoms with Crippen LogP contribution in [0.4, 0.5) is 0 Å². The first kappa shape index (κ1) is 13.1. The largest absolute Gasteiger partial charge is 0.305 e. The zero-order chi connectivity index (χ0) is 14.4. The molecule has 0 aliphatic heterocycles. The van der Waals surface area contributed by atoms with Crippen LogP contribution in [0.15, 0.2) is 48.5 Å². The van der Waals surface area contributed by atoms with Crippen LogP contribution < -0.4 is 0 Å². The minimum Gasteiger partial charge on any atom is -0.305 e. The van der Waals surface area contributed by atoms with Crippen molar-refractivity contribution < 1.29 is 0 Å². The van der Waals surface area contributed by atoms with E-state index in [1.54, 1.807) is 22.3 Å². The second-order valence-electron chi connectivity index (χ2n) is 6.68. The van der Waals surface area contributed by atoms with Gasteiger partial charge in [-0.15, -0.1) is 0 Å². The molecule has 5 rings (SSSR count). The van der Waals surface area contributed by atoms with Crippen LogP contribution in [0.3, 0.4) is 0 Å². The molecule has 0 spiro atoms. The average molecular weight is 277 g/mol. The predicted molar refractivity (Wildman–Crippen MR) is 87.9 cm³/mol. The fourth-order valence-electron chi connectivity index (χ4n) is 4.58. The Morgan fingerprint density at radius 3 is 2.14 bits per heavy atom. The molecule has 0 saturated heterocycles. The number of benzene rings is 2. The summed E-state index contributed by atoms with van der Waals surface area (Å²) >= 11 is 0. The van der Waals surface area contributed by atoms with Gasteiger partial charge in [0.05, 0.1) is 0 Å². The maximum atomic E-state index is 2.47. The van der Waals surface area contributed by atoms with Crippen LogP contribution in [0.2, 0.25) is 0 Å². The summed E-state index contributed by atoms with van der Waals surface area (Å²) in [5.74, 6) is 0.617. The zero-order valence-electron chi connectivity index (χ0n) is 13.0. The van der Waals surface area contributed by atoms with E-state index in [9.17, 15) is 0 Å². The van der Waals surface area contributed by atoms with Gasteiger partial charge in [-0.2, -0.15) is 0 Å². The fraction of sp³-hybridized carbons (Fsp3) is 0.400. The number of hydrogen-bond acceptors (Lipinski definition) is 1. The van der Waals surface area contributed by atoms with E-state index in [4.69, 9.17) is 0 Å². The highest BCUT2D eigenvalue weighted by Crippen LogP contribution is 2.56. The van der Waals surface area contributed by atoms with Gasteiger partial charge in [-0.05, 0) is 48.7 Å². The average Bonchev–Trinajstić information content (AvgIpc) is 2.55. The monoisotopic (exact) mass is 277 g/mol. The SMILES string of the molecule is CCN(C)CC12CCC(c3ccccc31)c1ccccc12. The third-order valence-electron chi connectivity index (χ3n) is 5.64. The summed E-state index contributed by atoms with van der Waals surface area (Å²) in [7, 11) is 2.25. The molecular formula is C20H23N. The Bertz CT molecular complexity index is 626. The van der Waals surface area contributed by atoms with Gasteiger partial charge in [-0.25, -0.2) is 0 Å². The third kappa shape index (κ3) is 1.74. The first-order chi connectivity index (χ1) is 10.3. The fourth-order valence-corrected chi connectivity index (χ4v) is 4.58. The molecule has 108 valence electrons. The van der Waals surface area contributed by atoms with Crippen LogP contribution in [0.5, 0.6) is 0 Å². The zero-order valence-corrected chi connectivity index (χ0v) is 13.0. The lowest BCUT2D eigenvalue weighted by molar-refractivity contribution is 0.243. The number of rotatable bonds is 3. The van der Waals surface area contributed by atoms with Crippen LogP contribution in [0.1, 0.15) is 47.9 Å². The van der Waals surface area contributed by atoms with Crippen molar-refractivity contribution in [2.75, 3.05) is 20.1 Å². The van der Waals surface area contributed by atoms with Gasteiger partial charge in [-0.3, -0.25) is 0 Å². The summed E-state index contributed by atoms with van der Waals surface area (Å²) in [6.45, 7) is 4.49. The van der Waals surface area contributed by atoms with Gasteiger partial charge in [0.15, 0.2) is 0 Å². The van der Waals surface area contributed by atoms with Crippen molar-refractivity contribution in [2.45, 2.75) is 31.1 Å². The van der Waals surface area contributed by atoms with E-state index < -0.39 is 0 Å². The minimum absolute atomic E-state index is 0.201. The molecule has 0 aromatic heterocycles. The first-order valence-corrected chi connectivity index (χ1v) is 8.13. The van der Waals surface area contributed by atoms with Crippen molar-refractivity contribution in [2.24, 2.45) is 0 Å². The van der Waals surface area contributed by atoms with Crippen molar-refractivity contribution in [3.8, 4) is 0 Å². The van der Waals surface area contributed by atoms with Gasteiger partial charge in [-0.1, -0.05) is 55.5 Å². The molecule has 0 amide bonds. The lowest BCUT2D eigenvalue weighted by atomic mass is 9.55. The molecule has 3 aliphatic carbocycles. The Hall–Kier alpha value is -1.60. The standard InChI is InChI=1S/C20H23N/c1-3-21(2)14-20-13-12-15(16-8-4-6-10-18(16)20)17-9-5-7-11-19(17)20/h4-11,15H,3,12-14H2,1-2H3. The van der Waals surface area contributed by atoms with Crippen molar-refractivity contribution in [1.82, 2.24) is 4.90 Å². The maximum absolute atomic E-state index is 2.47. The van der Waals surface area contributed by atoms with Gasteiger partial charge in [0.1, 0.15) is 0 Å². The molecule has 0 heterocycles. The Morgan fingerprint density at radius 1 is 1.00 bits per heavy atom. The molecule has 0 radical (unpaired) electrons. The Labute approximate surface area is 127 Å². The number of fused-ring (bicyclic) bond motifs is 1. The third-order valence-corrected chi connectivity index (χ3v) is 5.64. The van der Waals surface area contributed by atoms with Gasteiger partial charge in [0.25, 0.3) is 0 Å². The molecule has 1 nitrogen and oxygen atoms in total. The highest BCUT2D eigenvalue weighted by molar-refractivity contribution is 5.59. The maximum Gasteiger partial charge on any atom is 0.0335 e. The lowest BCUT2D eigenvalue weighted by Crippen LogP contribution is -2.47. The molecule has 21 heavy (non-hydrogen) atoms.